The van der Waals surface area contributed by atoms with E-state index < -0.39 is 6.10 Å². The van der Waals surface area contributed by atoms with Crippen molar-refractivity contribution in [1.29, 1.82) is 0 Å². The van der Waals surface area contributed by atoms with Gasteiger partial charge >= 0.3 is 0 Å². The van der Waals surface area contributed by atoms with Crippen molar-refractivity contribution < 1.29 is 5.11 Å². The molecule has 0 atom stereocenters. The highest BCUT2D eigenvalue weighted by molar-refractivity contribution is 5.49. The average molecular weight is 224 g/mol. The van der Waals surface area contributed by atoms with Crippen LogP contribution < -0.4 is 0 Å². The van der Waals surface area contributed by atoms with Crippen LogP contribution in [-0.2, 0) is 6.42 Å². The fraction of sp³-hybridized carbons (Fsp3) is 0.250. The summed E-state index contributed by atoms with van der Waals surface area (Å²) in [6.45, 7) is 4.19. The summed E-state index contributed by atoms with van der Waals surface area (Å²) in [6.07, 6.45) is 0.473. The van der Waals surface area contributed by atoms with Crippen molar-refractivity contribution in [3.63, 3.8) is 0 Å². The molecule has 2 aromatic rings. The van der Waals surface area contributed by atoms with Gasteiger partial charge in [-0.2, -0.15) is 0 Å². The van der Waals surface area contributed by atoms with E-state index >= 15 is 0 Å². The average Bonchev–Trinajstić information content (AvgIpc) is 2.28. The Morgan fingerprint density at radius 3 is 1.82 bits per heavy atom. The first-order chi connectivity index (χ1) is 8.15. The highest BCUT2D eigenvalue weighted by atomic mass is 16.3. The number of hydrogen-bond donors (Lipinski definition) is 1. The van der Waals surface area contributed by atoms with Crippen LogP contribution in [0.1, 0.15) is 39.5 Å². The predicted molar refractivity (Wildman–Crippen MR) is 69.2 cm³/mol. The Hall–Kier alpha value is -1.60. The van der Waals surface area contributed by atoms with Crippen LogP contribution in [0.4, 0.5) is 0 Å². The van der Waals surface area contributed by atoms with E-state index in [1.807, 2.05) is 0 Å². The van der Waals surface area contributed by atoms with Crippen LogP contribution in [-0.4, -0.2) is 5.11 Å². The molecule has 0 spiro atoms. The lowest BCUT2D eigenvalue weighted by molar-refractivity contribution is 0.215. The molecule has 2 aromatic carbocycles. The van der Waals surface area contributed by atoms with Gasteiger partial charge in [-0.1, -0.05) is 47.5 Å². The van der Waals surface area contributed by atoms with Crippen LogP contribution in [0.3, 0.4) is 0 Å². The van der Waals surface area contributed by atoms with Crippen LogP contribution in [0.15, 0.2) is 36.4 Å². The lowest BCUT2D eigenvalue weighted by atomic mass is 9.83. The van der Waals surface area contributed by atoms with Crippen molar-refractivity contribution in [1.82, 2.24) is 0 Å². The van der Waals surface area contributed by atoms with Crippen molar-refractivity contribution in [3.05, 3.63) is 69.8 Å². The number of hydrogen-bond acceptors (Lipinski definition) is 1. The molecule has 0 saturated carbocycles. The normalized spacial score (nSPS) is 14.3. The summed E-state index contributed by atoms with van der Waals surface area (Å²) in [4.78, 5) is 0. The molecule has 0 saturated heterocycles. The largest absolute Gasteiger partial charge is 0.384 e. The molecule has 86 valence electrons. The molecule has 17 heavy (non-hydrogen) atoms. The molecule has 0 fully saturated rings. The van der Waals surface area contributed by atoms with Gasteiger partial charge in [0.05, 0.1) is 0 Å². The summed E-state index contributed by atoms with van der Waals surface area (Å²) in [5.41, 5.74) is 7.16. The Morgan fingerprint density at radius 2 is 1.35 bits per heavy atom. The number of aliphatic hydroxyl groups is 1. The molecule has 1 aliphatic carbocycles. The van der Waals surface area contributed by atoms with Crippen LogP contribution >= 0.6 is 0 Å². The number of aliphatic hydroxyl groups excluding tert-OH is 1. The number of fused-ring (bicyclic) bond motifs is 2. The third-order valence-corrected chi connectivity index (χ3v) is 3.57. The molecule has 1 heteroatoms. The maximum Gasteiger partial charge on any atom is 0.105 e. The standard InChI is InChI=1S/C16H16O/c1-10-3-5-14-12(7-10)9-13-8-11(2)4-6-15(13)16(14)17/h3-8,16-17H,9H2,1-2H3. The van der Waals surface area contributed by atoms with E-state index in [1.54, 1.807) is 0 Å². The molecule has 0 bridgehead atoms. The van der Waals surface area contributed by atoms with Crippen molar-refractivity contribution in [2.24, 2.45) is 0 Å². The van der Waals surface area contributed by atoms with Gasteiger partial charge in [0, 0.05) is 0 Å². The molecule has 0 unspecified atom stereocenters. The number of benzene rings is 2. The minimum atomic E-state index is -0.463. The molecule has 1 aliphatic rings. The Morgan fingerprint density at radius 1 is 0.882 bits per heavy atom. The summed E-state index contributed by atoms with van der Waals surface area (Å²) < 4.78 is 0. The molecule has 1 nitrogen and oxygen atoms in total. The van der Waals surface area contributed by atoms with Gasteiger partial charge < -0.3 is 5.11 Å². The Kier molecular flexibility index (Phi) is 2.30. The summed E-state index contributed by atoms with van der Waals surface area (Å²) >= 11 is 0. The van der Waals surface area contributed by atoms with Gasteiger partial charge in [-0.25, -0.2) is 0 Å². The maximum absolute atomic E-state index is 10.4. The van der Waals surface area contributed by atoms with E-state index in [0.717, 1.165) is 17.5 Å². The van der Waals surface area contributed by atoms with Crippen molar-refractivity contribution in [2.45, 2.75) is 26.4 Å². The van der Waals surface area contributed by atoms with Gasteiger partial charge in [0.15, 0.2) is 0 Å². The summed E-state index contributed by atoms with van der Waals surface area (Å²) in [5, 5.41) is 10.4. The highest BCUT2D eigenvalue weighted by Crippen LogP contribution is 2.35. The first-order valence-electron chi connectivity index (χ1n) is 6.02. The predicted octanol–water partition coefficient (Wildman–Crippen LogP) is 3.29. The van der Waals surface area contributed by atoms with Crippen LogP contribution in [0, 0.1) is 13.8 Å². The summed E-state index contributed by atoms with van der Waals surface area (Å²) in [7, 11) is 0. The zero-order valence-corrected chi connectivity index (χ0v) is 10.2. The SMILES string of the molecule is Cc1ccc2c(c1)Cc1cc(C)ccc1C2O. The van der Waals surface area contributed by atoms with Gasteiger partial charge in [0.2, 0.25) is 0 Å². The van der Waals surface area contributed by atoms with Crippen molar-refractivity contribution in [2.75, 3.05) is 0 Å². The first kappa shape index (κ1) is 10.5. The van der Waals surface area contributed by atoms with Crippen LogP contribution in [0.5, 0.6) is 0 Å². The zero-order valence-electron chi connectivity index (χ0n) is 10.2. The second-order valence-electron chi connectivity index (χ2n) is 4.98. The van der Waals surface area contributed by atoms with Crippen LogP contribution in [0.25, 0.3) is 0 Å². The van der Waals surface area contributed by atoms with Crippen molar-refractivity contribution >= 4 is 0 Å². The molecule has 0 amide bonds. The Bertz CT molecular complexity index is 533. The van der Waals surface area contributed by atoms with Crippen LogP contribution in [0.2, 0.25) is 0 Å². The fourth-order valence-electron chi connectivity index (χ4n) is 2.68. The second kappa shape index (κ2) is 3.71. The summed E-state index contributed by atoms with van der Waals surface area (Å²) in [6, 6.07) is 12.6. The fourth-order valence-corrected chi connectivity index (χ4v) is 2.68. The van der Waals surface area contributed by atoms with Gasteiger partial charge in [-0.05, 0) is 42.5 Å². The first-order valence-corrected chi connectivity index (χ1v) is 6.02. The van der Waals surface area contributed by atoms with E-state index in [2.05, 4.69) is 50.2 Å². The van der Waals surface area contributed by atoms with Gasteiger partial charge in [0.1, 0.15) is 6.10 Å². The lowest BCUT2D eigenvalue weighted by Crippen LogP contribution is -2.13. The Balaban J connectivity index is 2.17. The third-order valence-electron chi connectivity index (χ3n) is 3.57. The van der Waals surface area contributed by atoms with E-state index in [-0.39, 0.29) is 0 Å². The highest BCUT2D eigenvalue weighted by Gasteiger charge is 2.23. The molecule has 0 aromatic heterocycles. The van der Waals surface area contributed by atoms with Gasteiger partial charge in [-0.3, -0.25) is 0 Å². The second-order valence-corrected chi connectivity index (χ2v) is 4.98. The van der Waals surface area contributed by atoms with E-state index in [9.17, 15) is 5.11 Å². The molecular formula is C16H16O. The van der Waals surface area contributed by atoms with Crippen molar-refractivity contribution in [3.8, 4) is 0 Å². The third kappa shape index (κ3) is 1.67. The topological polar surface area (TPSA) is 20.2 Å². The molecule has 0 radical (unpaired) electrons. The molecule has 0 heterocycles. The Labute approximate surface area is 102 Å². The molecular weight excluding hydrogens is 208 g/mol. The molecule has 3 rings (SSSR count). The quantitative estimate of drug-likeness (QED) is 0.728. The van der Waals surface area contributed by atoms with Gasteiger partial charge in [-0.15, -0.1) is 0 Å². The zero-order chi connectivity index (χ0) is 12.0. The minimum Gasteiger partial charge on any atom is -0.384 e. The smallest absolute Gasteiger partial charge is 0.105 e. The number of rotatable bonds is 0. The lowest BCUT2D eigenvalue weighted by Gasteiger charge is -2.25. The van der Waals surface area contributed by atoms with E-state index in [1.165, 1.54) is 22.3 Å². The monoisotopic (exact) mass is 224 g/mol. The summed E-state index contributed by atoms with van der Waals surface area (Å²) in [5.74, 6) is 0. The molecule has 0 aliphatic heterocycles. The van der Waals surface area contributed by atoms with E-state index in [4.69, 9.17) is 0 Å². The molecule has 1 N–H and O–H groups in total. The van der Waals surface area contributed by atoms with E-state index in [0.29, 0.717) is 0 Å². The maximum atomic E-state index is 10.4. The van der Waals surface area contributed by atoms with Gasteiger partial charge in [0.25, 0.3) is 0 Å². The number of aryl methyl sites for hydroxylation is 2. The minimum absolute atomic E-state index is 0.463.